The number of carbonyl (C=O) groups is 1. The molecular weight excluding hydrogens is 242 g/mol. The average Bonchev–Trinajstić information content (AvgIpc) is 2.91. The Kier molecular flexibility index (Phi) is 2.99. The second kappa shape index (κ2) is 4.44. The number of H-pyrrole nitrogens is 1. The first-order valence-corrected chi connectivity index (χ1v) is 5.49. The highest BCUT2D eigenvalue weighted by atomic mass is 35.5. The predicted molar refractivity (Wildman–Crippen MR) is 59.2 cm³/mol. The maximum atomic E-state index is 11.7. The van der Waals surface area contributed by atoms with Crippen molar-refractivity contribution in [3.8, 4) is 12.1 Å². The van der Waals surface area contributed by atoms with Crippen LogP contribution < -0.4 is 4.90 Å². The second-order valence-corrected chi connectivity index (χ2v) is 4.05. The summed E-state index contributed by atoms with van der Waals surface area (Å²) < 4.78 is 0. The van der Waals surface area contributed by atoms with E-state index in [1.165, 1.54) is 4.90 Å². The van der Waals surface area contributed by atoms with E-state index in [1.807, 2.05) is 6.07 Å². The van der Waals surface area contributed by atoms with Gasteiger partial charge in [-0.1, -0.05) is 0 Å². The monoisotopic (exact) mass is 249 g/mol. The fourth-order valence-electron chi connectivity index (χ4n) is 1.74. The zero-order chi connectivity index (χ0) is 12.4. The molecule has 1 aromatic rings. The van der Waals surface area contributed by atoms with Crippen LogP contribution in [-0.2, 0) is 4.79 Å². The molecule has 1 aromatic heterocycles. The van der Waals surface area contributed by atoms with Gasteiger partial charge in [0.15, 0.2) is 11.4 Å². The van der Waals surface area contributed by atoms with Crippen LogP contribution in [0.15, 0.2) is 0 Å². The lowest BCUT2D eigenvalue weighted by Crippen LogP contribution is -2.25. The quantitative estimate of drug-likeness (QED) is 0.782. The summed E-state index contributed by atoms with van der Waals surface area (Å²) in [5.41, 5.74) is 0.0780. The zero-order valence-corrected chi connectivity index (χ0v) is 9.53. The Balaban J connectivity index is 2.30. The molecular formula is C10H8ClN5O. The Hall–Kier alpha value is -2.05. The summed E-state index contributed by atoms with van der Waals surface area (Å²) in [4.78, 5) is 19.7. The number of aromatic nitrogens is 2. The van der Waals surface area contributed by atoms with Crippen LogP contribution in [0.4, 0.5) is 5.95 Å². The molecule has 2 heterocycles. The summed E-state index contributed by atoms with van der Waals surface area (Å²) in [6.45, 7) is 0.464. The molecule has 86 valence electrons. The van der Waals surface area contributed by atoms with Crippen LogP contribution in [0.2, 0.25) is 0 Å². The van der Waals surface area contributed by atoms with E-state index in [1.54, 1.807) is 6.07 Å². The van der Waals surface area contributed by atoms with Crippen LogP contribution in [0.1, 0.15) is 17.8 Å². The fraction of sp³-hybridized carbons (Fsp3) is 0.400. The summed E-state index contributed by atoms with van der Waals surface area (Å²) in [5.74, 6) is 0.638. The number of carbonyl (C=O) groups excluding carboxylic acids is 1. The molecule has 0 bridgehead atoms. The van der Waals surface area contributed by atoms with Crippen molar-refractivity contribution in [2.24, 2.45) is 5.92 Å². The van der Waals surface area contributed by atoms with Gasteiger partial charge in [-0.05, 0) is 5.92 Å². The number of aromatic amines is 1. The van der Waals surface area contributed by atoms with E-state index >= 15 is 0 Å². The van der Waals surface area contributed by atoms with Gasteiger partial charge in [0.25, 0.3) is 0 Å². The predicted octanol–water partition coefficient (Wildman–Crippen LogP) is 0.745. The van der Waals surface area contributed by atoms with Gasteiger partial charge in [-0.2, -0.15) is 10.5 Å². The molecule has 1 unspecified atom stereocenters. The maximum Gasteiger partial charge on any atom is 0.229 e. The molecule has 1 saturated heterocycles. The number of nitriles is 2. The van der Waals surface area contributed by atoms with Gasteiger partial charge in [-0.25, -0.2) is 4.98 Å². The van der Waals surface area contributed by atoms with Crippen molar-refractivity contribution < 1.29 is 4.79 Å². The number of hydrogen-bond donors (Lipinski definition) is 1. The number of amides is 1. The third kappa shape index (κ3) is 1.95. The minimum Gasteiger partial charge on any atom is -0.314 e. The number of anilines is 1. The van der Waals surface area contributed by atoms with Gasteiger partial charge in [0.1, 0.15) is 12.1 Å². The molecule has 0 aromatic carbocycles. The van der Waals surface area contributed by atoms with E-state index in [0.29, 0.717) is 18.8 Å². The van der Waals surface area contributed by atoms with Crippen LogP contribution >= 0.6 is 11.6 Å². The van der Waals surface area contributed by atoms with Gasteiger partial charge in [0.05, 0.1) is 0 Å². The SMILES string of the molecule is N#Cc1nc(N2CC(CCl)CC2=O)[nH]c1C#N. The minimum atomic E-state index is -0.0987. The Morgan fingerprint density at radius 3 is 2.76 bits per heavy atom. The van der Waals surface area contributed by atoms with E-state index in [4.69, 9.17) is 22.1 Å². The first-order chi connectivity index (χ1) is 8.19. The van der Waals surface area contributed by atoms with Crippen LogP contribution in [0.25, 0.3) is 0 Å². The van der Waals surface area contributed by atoms with Crippen LogP contribution in [0, 0.1) is 28.6 Å². The van der Waals surface area contributed by atoms with Gasteiger partial charge >= 0.3 is 0 Å². The van der Waals surface area contributed by atoms with Crippen LogP contribution in [0.5, 0.6) is 0 Å². The van der Waals surface area contributed by atoms with E-state index in [-0.39, 0.29) is 29.2 Å². The minimum absolute atomic E-state index is 0.00428. The standard InChI is InChI=1S/C10H8ClN5O/c11-2-6-1-9(17)16(5-6)10-14-7(3-12)8(4-13)15-10/h6H,1-2,5H2,(H,14,15). The summed E-state index contributed by atoms with van der Waals surface area (Å²) in [7, 11) is 0. The number of rotatable bonds is 2. The number of halogens is 1. The number of imidazole rings is 1. The summed E-state index contributed by atoms with van der Waals surface area (Å²) in [6.07, 6.45) is 0.369. The highest BCUT2D eigenvalue weighted by molar-refractivity contribution is 6.18. The van der Waals surface area contributed by atoms with Crippen molar-refractivity contribution in [2.75, 3.05) is 17.3 Å². The molecule has 0 spiro atoms. The molecule has 1 fully saturated rings. The largest absolute Gasteiger partial charge is 0.314 e. The van der Waals surface area contributed by atoms with Crippen molar-refractivity contribution in [1.29, 1.82) is 10.5 Å². The van der Waals surface area contributed by atoms with E-state index in [9.17, 15) is 4.79 Å². The van der Waals surface area contributed by atoms with Gasteiger partial charge in [0.2, 0.25) is 11.9 Å². The lowest BCUT2D eigenvalue weighted by molar-refractivity contribution is -0.117. The smallest absolute Gasteiger partial charge is 0.229 e. The molecule has 1 aliphatic rings. The van der Waals surface area contributed by atoms with Gasteiger partial charge < -0.3 is 4.98 Å². The number of nitrogens with zero attached hydrogens (tertiary/aromatic N) is 4. The molecule has 17 heavy (non-hydrogen) atoms. The molecule has 1 amide bonds. The Morgan fingerprint density at radius 1 is 1.53 bits per heavy atom. The Morgan fingerprint density at radius 2 is 2.29 bits per heavy atom. The fourth-order valence-corrected chi connectivity index (χ4v) is 1.95. The Bertz CT molecular complexity index is 506. The van der Waals surface area contributed by atoms with Gasteiger partial charge in [-0.3, -0.25) is 9.69 Å². The normalized spacial score (nSPS) is 19.1. The highest BCUT2D eigenvalue weighted by Crippen LogP contribution is 2.24. The average molecular weight is 250 g/mol. The van der Waals surface area contributed by atoms with E-state index in [0.717, 1.165) is 0 Å². The molecule has 7 heteroatoms. The number of alkyl halides is 1. The molecule has 2 rings (SSSR count). The third-order valence-corrected chi connectivity index (χ3v) is 3.02. The third-order valence-electron chi connectivity index (χ3n) is 2.59. The van der Waals surface area contributed by atoms with Gasteiger partial charge in [0, 0.05) is 18.8 Å². The molecule has 6 nitrogen and oxygen atoms in total. The topological polar surface area (TPSA) is 96.6 Å². The number of hydrogen-bond acceptors (Lipinski definition) is 4. The van der Waals surface area contributed by atoms with E-state index in [2.05, 4.69) is 9.97 Å². The molecule has 0 saturated carbocycles. The molecule has 1 N–H and O–H groups in total. The molecule has 1 aliphatic heterocycles. The summed E-state index contributed by atoms with van der Waals surface area (Å²) in [6, 6.07) is 3.63. The highest BCUT2D eigenvalue weighted by Gasteiger charge is 2.32. The van der Waals surface area contributed by atoms with Crippen LogP contribution in [-0.4, -0.2) is 28.3 Å². The van der Waals surface area contributed by atoms with Crippen LogP contribution in [0.3, 0.4) is 0 Å². The van der Waals surface area contributed by atoms with Crippen molar-refractivity contribution >= 4 is 23.5 Å². The lowest BCUT2D eigenvalue weighted by Gasteiger charge is -2.11. The van der Waals surface area contributed by atoms with Crippen molar-refractivity contribution in [3.63, 3.8) is 0 Å². The molecule has 0 radical (unpaired) electrons. The number of nitrogens with one attached hydrogen (secondary N) is 1. The first kappa shape index (κ1) is 11.4. The first-order valence-electron chi connectivity index (χ1n) is 4.96. The molecule has 1 atom stereocenters. The van der Waals surface area contributed by atoms with Crippen molar-refractivity contribution in [3.05, 3.63) is 11.4 Å². The summed E-state index contributed by atoms with van der Waals surface area (Å²) >= 11 is 5.70. The van der Waals surface area contributed by atoms with Gasteiger partial charge in [-0.15, -0.1) is 11.6 Å². The molecule has 0 aliphatic carbocycles. The zero-order valence-electron chi connectivity index (χ0n) is 8.77. The van der Waals surface area contributed by atoms with Crippen molar-refractivity contribution in [2.45, 2.75) is 6.42 Å². The van der Waals surface area contributed by atoms with Crippen molar-refractivity contribution in [1.82, 2.24) is 9.97 Å². The Labute approximate surface area is 102 Å². The maximum absolute atomic E-state index is 11.7. The lowest BCUT2D eigenvalue weighted by atomic mass is 10.2. The van der Waals surface area contributed by atoms with E-state index < -0.39 is 0 Å². The second-order valence-electron chi connectivity index (χ2n) is 3.74. The summed E-state index contributed by atoms with van der Waals surface area (Å²) in [5, 5.41) is 17.5.